The molecule has 3 saturated heterocycles. The zero-order valence-corrected chi connectivity index (χ0v) is 21.7. The lowest BCUT2D eigenvalue weighted by atomic mass is 9.64. The molecule has 3 aliphatic rings. The second kappa shape index (κ2) is 11.2. The summed E-state index contributed by atoms with van der Waals surface area (Å²) in [6.45, 7) is 13.2. The van der Waals surface area contributed by atoms with E-state index in [1.807, 2.05) is 6.92 Å². The summed E-state index contributed by atoms with van der Waals surface area (Å²) in [5.74, 6) is -1.82. The van der Waals surface area contributed by atoms with Crippen molar-refractivity contribution in [3.05, 3.63) is 25.3 Å². The van der Waals surface area contributed by atoms with Crippen LogP contribution in [0.25, 0.3) is 0 Å². The Labute approximate surface area is 210 Å². The maximum atomic E-state index is 14.1. The average molecular weight is 490 g/mol. The van der Waals surface area contributed by atoms with Gasteiger partial charge in [-0.15, -0.1) is 13.2 Å². The highest BCUT2D eigenvalue weighted by atomic mass is 16.5. The molecule has 0 aromatic heterocycles. The van der Waals surface area contributed by atoms with Gasteiger partial charge in [-0.2, -0.15) is 0 Å². The largest absolute Gasteiger partial charge is 0.396 e. The van der Waals surface area contributed by atoms with Crippen LogP contribution in [-0.4, -0.2) is 94.6 Å². The van der Waals surface area contributed by atoms with Crippen molar-refractivity contribution in [3.8, 4) is 0 Å². The molecule has 3 aliphatic heterocycles. The van der Waals surface area contributed by atoms with Crippen molar-refractivity contribution < 1.29 is 24.2 Å². The summed E-state index contributed by atoms with van der Waals surface area (Å²) in [7, 11) is 1.72. The highest BCUT2D eigenvalue weighted by Gasteiger charge is 2.78. The van der Waals surface area contributed by atoms with Crippen molar-refractivity contribution in [2.24, 2.45) is 11.8 Å². The molecule has 196 valence electrons. The number of likely N-dealkylation sites (tertiary alicyclic amines) is 1. The number of rotatable bonds is 14. The third-order valence-corrected chi connectivity index (χ3v) is 8.21. The van der Waals surface area contributed by atoms with Crippen LogP contribution < -0.4 is 0 Å². The van der Waals surface area contributed by atoms with Crippen molar-refractivity contribution >= 4 is 17.7 Å². The predicted octanol–water partition coefficient (Wildman–Crippen LogP) is 2.37. The second-order valence-corrected chi connectivity index (χ2v) is 10.2. The SMILES string of the molecule is C=CCN(C)C(=O)[C@@H]1[C@H]2C(=O)N(CCCO)C(C(=O)N(CC=C)CCCCC)C23CC[C@@]1(CC)O3. The Kier molecular flexibility index (Phi) is 8.81. The number of fused-ring (bicyclic) bond motifs is 1. The molecular weight excluding hydrogens is 446 g/mol. The summed E-state index contributed by atoms with van der Waals surface area (Å²) in [6, 6.07) is -0.802. The minimum absolute atomic E-state index is 0.0839. The summed E-state index contributed by atoms with van der Waals surface area (Å²) in [5, 5.41) is 9.51. The normalized spacial score (nSPS) is 30.9. The van der Waals surface area contributed by atoms with Crippen LogP contribution in [0.2, 0.25) is 0 Å². The van der Waals surface area contributed by atoms with Gasteiger partial charge in [-0.25, -0.2) is 0 Å². The third-order valence-electron chi connectivity index (χ3n) is 8.21. The standard InChI is InChI=1S/C27H43N3O5/c1-6-10-11-17-29(16-8-3)25(34)22-27-14-13-26(9-4,35-27)20(23(32)28(5)15-7-2)21(27)24(33)30(22)18-12-19-31/h7-8,20-22,31H,2-3,6,9-19H2,1,4-5H3/t20-,21-,22?,26+,27?/m0/s1. The smallest absolute Gasteiger partial charge is 0.248 e. The fourth-order valence-corrected chi connectivity index (χ4v) is 6.55. The van der Waals surface area contributed by atoms with Crippen LogP contribution in [0, 0.1) is 11.8 Å². The first-order chi connectivity index (χ1) is 16.8. The molecule has 35 heavy (non-hydrogen) atoms. The van der Waals surface area contributed by atoms with Gasteiger partial charge in [-0.3, -0.25) is 14.4 Å². The third kappa shape index (κ3) is 4.55. The predicted molar refractivity (Wildman–Crippen MR) is 134 cm³/mol. The van der Waals surface area contributed by atoms with Crippen molar-refractivity contribution in [1.82, 2.24) is 14.7 Å². The van der Waals surface area contributed by atoms with Crippen LogP contribution in [0.3, 0.4) is 0 Å². The number of aliphatic hydroxyl groups is 1. The van der Waals surface area contributed by atoms with Gasteiger partial charge in [0.25, 0.3) is 0 Å². The second-order valence-electron chi connectivity index (χ2n) is 10.2. The molecule has 3 heterocycles. The molecule has 0 aliphatic carbocycles. The summed E-state index contributed by atoms with van der Waals surface area (Å²) >= 11 is 0. The fourth-order valence-electron chi connectivity index (χ4n) is 6.55. The number of unbranched alkanes of at least 4 members (excludes halogenated alkanes) is 2. The average Bonchev–Trinajstić information content (AvgIpc) is 3.45. The monoisotopic (exact) mass is 489 g/mol. The molecule has 0 saturated carbocycles. The molecule has 3 fully saturated rings. The minimum atomic E-state index is -1.03. The Morgan fingerprint density at radius 2 is 1.86 bits per heavy atom. The fraction of sp³-hybridized carbons (Fsp3) is 0.741. The van der Waals surface area contributed by atoms with Crippen molar-refractivity contribution in [2.75, 3.05) is 39.8 Å². The first-order valence-electron chi connectivity index (χ1n) is 13.2. The molecule has 5 atom stereocenters. The molecule has 0 aromatic rings. The van der Waals surface area contributed by atoms with E-state index in [2.05, 4.69) is 20.1 Å². The maximum absolute atomic E-state index is 14.1. The molecule has 2 bridgehead atoms. The summed E-state index contributed by atoms with van der Waals surface area (Å²) in [5.41, 5.74) is -1.78. The van der Waals surface area contributed by atoms with Crippen LogP contribution in [0.1, 0.15) is 58.8 Å². The Hall–Kier alpha value is -2.19. The van der Waals surface area contributed by atoms with Crippen molar-refractivity contribution in [1.29, 1.82) is 0 Å². The Balaban J connectivity index is 2.04. The quantitative estimate of drug-likeness (QED) is 0.299. The van der Waals surface area contributed by atoms with Crippen LogP contribution in [0.15, 0.2) is 25.3 Å². The van der Waals surface area contributed by atoms with Gasteiger partial charge in [-0.05, 0) is 32.1 Å². The number of carbonyl (C=O) groups excluding carboxylic acids is 3. The number of carbonyl (C=O) groups is 3. The first kappa shape index (κ1) is 27.4. The molecule has 8 heteroatoms. The van der Waals surface area contributed by atoms with Gasteiger partial charge in [0.15, 0.2) is 0 Å². The molecule has 8 nitrogen and oxygen atoms in total. The Morgan fingerprint density at radius 1 is 1.14 bits per heavy atom. The van der Waals surface area contributed by atoms with E-state index in [9.17, 15) is 19.5 Å². The number of aliphatic hydroxyl groups excluding tert-OH is 1. The number of likely N-dealkylation sites (N-methyl/N-ethyl adjacent to an activating group) is 1. The highest BCUT2D eigenvalue weighted by molar-refractivity contribution is 5.99. The van der Waals surface area contributed by atoms with Gasteiger partial charge in [0.2, 0.25) is 17.7 Å². The summed E-state index contributed by atoms with van der Waals surface area (Å²) in [6.07, 6.45) is 8.47. The van der Waals surface area contributed by atoms with E-state index >= 15 is 0 Å². The number of hydrogen-bond acceptors (Lipinski definition) is 5. The van der Waals surface area contributed by atoms with E-state index in [-0.39, 0.29) is 30.9 Å². The first-order valence-corrected chi connectivity index (χ1v) is 13.2. The lowest BCUT2D eigenvalue weighted by molar-refractivity contribution is -0.154. The van der Waals surface area contributed by atoms with Gasteiger partial charge in [-0.1, -0.05) is 38.8 Å². The van der Waals surface area contributed by atoms with Crippen molar-refractivity contribution in [3.63, 3.8) is 0 Å². The summed E-state index contributed by atoms with van der Waals surface area (Å²) in [4.78, 5) is 46.7. The van der Waals surface area contributed by atoms with Gasteiger partial charge < -0.3 is 24.5 Å². The maximum Gasteiger partial charge on any atom is 0.248 e. The molecular formula is C27H43N3O5. The molecule has 0 radical (unpaired) electrons. The number of nitrogens with zero attached hydrogens (tertiary/aromatic N) is 3. The molecule has 1 N–H and O–H groups in total. The van der Waals surface area contributed by atoms with E-state index in [4.69, 9.17) is 4.74 Å². The molecule has 1 spiro atoms. The number of amides is 3. The Bertz CT molecular complexity index is 832. The van der Waals surface area contributed by atoms with Crippen LogP contribution in [0.4, 0.5) is 0 Å². The van der Waals surface area contributed by atoms with Gasteiger partial charge in [0, 0.05) is 39.8 Å². The van der Waals surface area contributed by atoms with Gasteiger partial charge in [0.05, 0.1) is 17.4 Å². The lowest BCUT2D eigenvalue weighted by Crippen LogP contribution is -2.56. The topological polar surface area (TPSA) is 90.4 Å². The van der Waals surface area contributed by atoms with E-state index in [1.54, 1.807) is 33.9 Å². The van der Waals surface area contributed by atoms with Crippen LogP contribution in [0.5, 0.6) is 0 Å². The number of ether oxygens (including phenoxy) is 1. The van der Waals surface area contributed by atoms with E-state index in [0.29, 0.717) is 45.3 Å². The lowest BCUT2D eigenvalue weighted by Gasteiger charge is -2.37. The van der Waals surface area contributed by atoms with Crippen molar-refractivity contribution in [2.45, 2.75) is 76.0 Å². The zero-order chi connectivity index (χ0) is 25.8. The number of hydrogen-bond donors (Lipinski definition) is 1. The molecule has 3 amide bonds. The summed E-state index contributed by atoms with van der Waals surface area (Å²) < 4.78 is 6.78. The Morgan fingerprint density at radius 3 is 2.46 bits per heavy atom. The van der Waals surface area contributed by atoms with E-state index in [1.165, 1.54) is 0 Å². The molecule has 3 rings (SSSR count). The minimum Gasteiger partial charge on any atom is -0.396 e. The molecule has 2 unspecified atom stereocenters. The van der Waals surface area contributed by atoms with E-state index < -0.39 is 29.1 Å². The van der Waals surface area contributed by atoms with Gasteiger partial charge in [0.1, 0.15) is 11.6 Å². The van der Waals surface area contributed by atoms with Crippen LogP contribution >= 0.6 is 0 Å². The van der Waals surface area contributed by atoms with Gasteiger partial charge >= 0.3 is 0 Å². The van der Waals surface area contributed by atoms with E-state index in [0.717, 1.165) is 19.3 Å². The van der Waals surface area contributed by atoms with Crippen LogP contribution in [-0.2, 0) is 19.1 Å². The highest BCUT2D eigenvalue weighted by Crippen LogP contribution is 2.64. The molecule has 0 aromatic carbocycles. The zero-order valence-electron chi connectivity index (χ0n) is 21.7.